The molecule has 0 atom stereocenters. The highest BCUT2D eigenvalue weighted by molar-refractivity contribution is 7.22. The summed E-state index contributed by atoms with van der Waals surface area (Å²) in [6, 6.07) is 8.27. The van der Waals surface area contributed by atoms with E-state index < -0.39 is 24.0 Å². The third-order valence-corrected chi connectivity index (χ3v) is 5.74. The first kappa shape index (κ1) is 26.0. The first-order valence-corrected chi connectivity index (χ1v) is 11.7. The number of nitrogens with zero attached hydrogens (tertiary/aromatic N) is 3. The van der Waals surface area contributed by atoms with Gasteiger partial charge in [0.2, 0.25) is 5.95 Å². The summed E-state index contributed by atoms with van der Waals surface area (Å²) in [6.07, 6.45) is -5.41. The number of aromatic nitrogens is 3. The molecule has 0 saturated heterocycles. The van der Waals surface area contributed by atoms with Gasteiger partial charge in [0.15, 0.2) is 5.13 Å². The number of ether oxygens (including phenoxy) is 2. The van der Waals surface area contributed by atoms with Crippen LogP contribution >= 0.6 is 11.3 Å². The second kappa shape index (κ2) is 9.76. The van der Waals surface area contributed by atoms with Crippen LogP contribution in [0.3, 0.4) is 0 Å². The van der Waals surface area contributed by atoms with Gasteiger partial charge in [-0.25, -0.2) is 19.6 Å². The Morgan fingerprint density at radius 1 is 1.08 bits per heavy atom. The Morgan fingerprint density at radius 3 is 2.51 bits per heavy atom. The summed E-state index contributed by atoms with van der Waals surface area (Å²) >= 11 is 1.09. The van der Waals surface area contributed by atoms with Crippen LogP contribution in [-0.2, 0) is 11.3 Å². The Bertz CT molecular complexity index is 1480. The zero-order valence-electron chi connectivity index (χ0n) is 19.8. The van der Waals surface area contributed by atoms with Crippen molar-refractivity contribution >= 4 is 55.7 Å². The van der Waals surface area contributed by atoms with Crippen molar-refractivity contribution < 1.29 is 37.3 Å². The Morgan fingerprint density at radius 2 is 1.84 bits per heavy atom. The maximum atomic E-state index is 12.6. The van der Waals surface area contributed by atoms with Gasteiger partial charge in [0.1, 0.15) is 11.4 Å². The van der Waals surface area contributed by atoms with Gasteiger partial charge in [-0.05, 0) is 51.1 Å². The third-order valence-electron chi connectivity index (χ3n) is 4.81. The molecule has 4 rings (SSSR count). The molecular formula is C23H22F3N5O5S. The molecule has 0 spiro atoms. The average molecular weight is 538 g/mol. The number of carbonyl (C=O) groups excluding carboxylic acids is 1. The van der Waals surface area contributed by atoms with Crippen LogP contribution in [0.1, 0.15) is 31.1 Å². The van der Waals surface area contributed by atoms with E-state index in [0.29, 0.717) is 32.3 Å². The van der Waals surface area contributed by atoms with E-state index >= 15 is 0 Å². The molecular weight excluding hydrogens is 515 g/mol. The van der Waals surface area contributed by atoms with E-state index in [-0.39, 0.29) is 24.4 Å². The minimum absolute atomic E-state index is 0.0489. The van der Waals surface area contributed by atoms with Crippen molar-refractivity contribution in [1.82, 2.24) is 19.9 Å². The lowest BCUT2D eigenvalue weighted by molar-refractivity contribution is -0.274. The van der Waals surface area contributed by atoms with Crippen LogP contribution in [0.15, 0.2) is 36.4 Å². The van der Waals surface area contributed by atoms with Gasteiger partial charge in [-0.15, -0.1) is 13.2 Å². The largest absolute Gasteiger partial charge is 0.573 e. The maximum absolute atomic E-state index is 12.6. The molecule has 2 aromatic carbocycles. The number of amides is 1. The van der Waals surface area contributed by atoms with E-state index in [4.69, 9.17) is 4.74 Å². The van der Waals surface area contributed by atoms with Crippen LogP contribution in [0, 0.1) is 0 Å². The van der Waals surface area contributed by atoms with Gasteiger partial charge in [0.05, 0.1) is 26.8 Å². The summed E-state index contributed by atoms with van der Waals surface area (Å²) < 4.78 is 49.1. The van der Waals surface area contributed by atoms with Gasteiger partial charge in [-0.1, -0.05) is 11.3 Å². The Hall–Kier alpha value is -4.07. The SMILES string of the molecule is CC(C)(C)OC(=O)NCCn1c(Nc2nc3ccc(OC(F)(F)F)cc3s2)nc2cc(C(=O)O)ccc21. The fraction of sp³-hybridized carbons (Fsp3) is 0.304. The topological polar surface area (TPSA) is 128 Å². The van der Waals surface area contributed by atoms with Crippen molar-refractivity contribution in [2.24, 2.45) is 0 Å². The quantitative estimate of drug-likeness (QED) is 0.282. The molecule has 2 heterocycles. The summed E-state index contributed by atoms with van der Waals surface area (Å²) in [5.41, 5.74) is 0.822. The molecule has 0 fully saturated rings. The third kappa shape index (κ3) is 6.58. The van der Waals surface area contributed by atoms with Gasteiger partial charge in [0, 0.05) is 19.2 Å². The summed E-state index contributed by atoms with van der Waals surface area (Å²) in [5, 5.41) is 15.4. The molecule has 4 aromatic rings. The normalized spacial score (nSPS) is 12.1. The zero-order valence-corrected chi connectivity index (χ0v) is 20.7. The number of hydrogen-bond donors (Lipinski definition) is 3. The Kier molecular flexibility index (Phi) is 6.86. The highest BCUT2D eigenvalue weighted by Crippen LogP contribution is 2.33. The molecule has 0 saturated carbocycles. The summed E-state index contributed by atoms with van der Waals surface area (Å²) in [4.78, 5) is 32.3. The number of benzene rings is 2. The predicted molar refractivity (Wildman–Crippen MR) is 131 cm³/mol. The first-order chi connectivity index (χ1) is 17.3. The fourth-order valence-corrected chi connectivity index (χ4v) is 4.31. The molecule has 10 nitrogen and oxygen atoms in total. The van der Waals surface area contributed by atoms with Crippen LogP contribution < -0.4 is 15.4 Å². The molecule has 0 bridgehead atoms. The van der Waals surface area contributed by atoms with Gasteiger partial charge in [-0.2, -0.15) is 0 Å². The standard InChI is InChI=1S/C23H22F3N5O5S/c1-22(2,3)36-21(34)27-8-9-31-16-7-4-12(18(32)33)10-15(16)28-19(31)30-20-29-14-6-5-13(11-17(14)37-20)35-23(24,25)26/h4-7,10-11H,8-9H2,1-3H3,(H,27,34)(H,32,33)(H,28,29,30). The van der Waals surface area contributed by atoms with Crippen molar-refractivity contribution in [3.8, 4) is 5.75 Å². The lowest BCUT2D eigenvalue weighted by Crippen LogP contribution is -2.34. The lowest BCUT2D eigenvalue weighted by Gasteiger charge is -2.20. The number of carboxylic acids is 1. The number of alkyl carbamates (subject to hydrolysis) is 1. The lowest BCUT2D eigenvalue weighted by atomic mass is 10.2. The molecule has 3 N–H and O–H groups in total. The van der Waals surface area contributed by atoms with Crippen molar-refractivity contribution in [1.29, 1.82) is 0 Å². The monoisotopic (exact) mass is 537 g/mol. The molecule has 0 radical (unpaired) electrons. The van der Waals surface area contributed by atoms with Crippen molar-refractivity contribution in [3.05, 3.63) is 42.0 Å². The molecule has 0 aliphatic heterocycles. The highest BCUT2D eigenvalue weighted by atomic mass is 32.1. The Balaban J connectivity index is 1.61. The number of nitrogens with one attached hydrogen (secondary N) is 2. The summed E-state index contributed by atoms with van der Waals surface area (Å²) in [5.74, 6) is -1.17. The van der Waals surface area contributed by atoms with Gasteiger partial charge >= 0.3 is 18.4 Å². The number of thiazole rings is 1. The van der Waals surface area contributed by atoms with Crippen LogP contribution in [0.25, 0.3) is 21.3 Å². The smallest absolute Gasteiger partial charge is 0.478 e. The molecule has 1 amide bonds. The number of halogens is 3. The molecule has 0 aliphatic carbocycles. The first-order valence-electron chi connectivity index (χ1n) is 10.9. The molecule has 37 heavy (non-hydrogen) atoms. The van der Waals surface area contributed by atoms with E-state index in [1.807, 2.05) is 0 Å². The average Bonchev–Trinajstić information content (AvgIpc) is 3.31. The van der Waals surface area contributed by atoms with Crippen molar-refractivity contribution in [2.75, 3.05) is 11.9 Å². The second-order valence-electron chi connectivity index (χ2n) is 8.85. The molecule has 196 valence electrons. The number of imidazole rings is 1. The van der Waals surface area contributed by atoms with Gasteiger partial charge in [0.25, 0.3) is 0 Å². The number of fused-ring (bicyclic) bond motifs is 2. The predicted octanol–water partition coefficient (Wildman–Crippen LogP) is 5.51. The van der Waals surface area contributed by atoms with Crippen molar-refractivity contribution in [2.45, 2.75) is 39.3 Å². The summed E-state index contributed by atoms with van der Waals surface area (Å²) in [7, 11) is 0. The molecule has 0 aliphatic rings. The van der Waals surface area contributed by atoms with Crippen LogP contribution in [0.5, 0.6) is 5.75 Å². The van der Waals surface area contributed by atoms with Crippen molar-refractivity contribution in [3.63, 3.8) is 0 Å². The number of alkyl halides is 3. The minimum atomic E-state index is -4.81. The molecule has 2 aromatic heterocycles. The van der Waals surface area contributed by atoms with Crippen LogP contribution in [0.2, 0.25) is 0 Å². The number of carbonyl (C=O) groups is 2. The van der Waals surface area contributed by atoms with E-state index in [9.17, 15) is 27.9 Å². The highest BCUT2D eigenvalue weighted by Gasteiger charge is 2.31. The molecule has 0 unspecified atom stereocenters. The summed E-state index contributed by atoms with van der Waals surface area (Å²) in [6.45, 7) is 5.66. The van der Waals surface area contributed by atoms with Gasteiger partial charge in [-0.3, -0.25) is 0 Å². The van der Waals surface area contributed by atoms with Crippen LogP contribution in [-0.4, -0.2) is 50.2 Å². The minimum Gasteiger partial charge on any atom is -0.478 e. The van der Waals surface area contributed by atoms with E-state index in [1.54, 1.807) is 31.4 Å². The number of rotatable bonds is 7. The number of carboxylic acid groups (broad SMARTS) is 1. The van der Waals surface area contributed by atoms with E-state index in [1.165, 1.54) is 30.3 Å². The van der Waals surface area contributed by atoms with E-state index in [2.05, 4.69) is 25.3 Å². The maximum Gasteiger partial charge on any atom is 0.573 e. The fourth-order valence-electron chi connectivity index (χ4n) is 3.42. The second-order valence-corrected chi connectivity index (χ2v) is 9.88. The Labute approximate surface area is 212 Å². The van der Waals surface area contributed by atoms with Crippen LogP contribution in [0.4, 0.5) is 29.0 Å². The number of anilines is 2. The van der Waals surface area contributed by atoms with E-state index in [0.717, 1.165) is 11.3 Å². The zero-order chi connectivity index (χ0) is 27.0. The number of aromatic carboxylic acids is 1. The molecule has 14 heteroatoms. The number of hydrogen-bond acceptors (Lipinski definition) is 8. The van der Waals surface area contributed by atoms with Gasteiger partial charge < -0.3 is 29.8 Å².